The summed E-state index contributed by atoms with van der Waals surface area (Å²) in [6, 6.07) is 15.7. The maximum atomic E-state index is 5.71. The monoisotopic (exact) mass is 302 g/mol. The van der Waals surface area contributed by atoms with E-state index in [-0.39, 0.29) is 0 Å². The zero-order valence-corrected chi connectivity index (χ0v) is 11.1. The normalized spacial score (nSPS) is 10.7. The van der Waals surface area contributed by atoms with Gasteiger partial charge in [0.1, 0.15) is 18.2 Å². The second-order valence-corrected chi connectivity index (χ2v) is 4.77. The van der Waals surface area contributed by atoms with Gasteiger partial charge in [0, 0.05) is 0 Å². The van der Waals surface area contributed by atoms with E-state index in [1.165, 1.54) is 0 Å². The number of hydrogen-bond acceptors (Lipinski definition) is 2. The lowest BCUT2D eigenvalue weighted by Crippen LogP contribution is -1.97. The Bertz CT molecular complexity index is 645. The van der Waals surface area contributed by atoms with Crippen molar-refractivity contribution in [2.75, 3.05) is 0 Å². The molecule has 0 saturated heterocycles. The predicted octanol–water partition coefficient (Wildman–Crippen LogP) is 3.90. The topological polar surface area (TPSA) is 37.9 Å². The Hall–Kier alpha value is -1.81. The van der Waals surface area contributed by atoms with Crippen molar-refractivity contribution in [1.29, 1.82) is 0 Å². The Balaban J connectivity index is 1.79. The molecule has 18 heavy (non-hydrogen) atoms. The van der Waals surface area contributed by atoms with E-state index in [0.29, 0.717) is 6.61 Å². The first kappa shape index (κ1) is 11.3. The van der Waals surface area contributed by atoms with Gasteiger partial charge in [0.2, 0.25) is 0 Å². The third-order valence-corrected chi connectivity index (χ3v) is 3.29. The minimum Gasteiger partial charge on any atom is -0.485 e. The third-order valence-electron chi connectivity index (χ3n) is 2.64. The minimum absolute atomic E-state index is 0.428. The summed E-state index contributed by atoms with van der Waals surface area (Å²) in [5.41, 5.74) is 1.99. The van der Waals surface area contributed by atoms with E-state index in [9.17, 15) is 0 Å². The molecule has 1 heterocycles. The molecule has 1 N–H and O–H groups in total. The smallest absolute Gasteiger partial charge is 0.146 e. The number of hydrogen-bond donors (Lipinski definition) is 1. The number of aromatic amines is 1. The Morgan fingerprint density at radius 3 is 2.67 bits per heavy atom. The number of nitrogens with zero attached hydrogens (tertiary/aromatic N) is 1. The second kappa shape index (κ2) is 4.82. The molecular formula is C14H11BrN2O. The van der Waals surface area contributed by atoms with Gasteiger partial charge >= 0.3 is 0 Å². The Kier molecular flexibility index (Phi) is 3.02. The van der Waals surface area contributed by atoms with E-state index in [4.69, 9.17) is 4.74 Å². The summed E-state index contributed by atoms with van der Waals surface area (Å²) in [7, 11) is 0. The highest BCUT2D eigenvalue weighted by molar-refractivity contribution is 9.10. The maximum Gasteiger partial charge on any atom is 0.146 e. The molecule has 0 amide bonds. The van der Waals surface area contributed by atoms with Crippen molar-refractivity contribution < 1.29 is 4.74 Å². The van der Waals surface area contributed by atoms with Crippen LogP contribution in [-0.2, 0) is 6.61 Å². The van der Waals surface area contributed by atoms with Gasteiger partial charge in [-0.15, -0.1) is 0 Å². The van der Waals surface area contributed by atoms with Gasteiger partial charge < -0.3 is 9.72 Å². The lowest BCUT2D eigenvalue weighted by atomic mass is 10.3. The molecule has 0 atom stereocenters. The zero-order valence-electron chi connectivity index (χ0n) is 9.56. The average molecular weight is 303 g/mol. The number of aromatic nitrogens is 2. The Morgan fingerprint density at radius 2 is 1.83 bits per heavy atom. The fourth-order valence-electron chi connectivity index (χ4n) is 1.78. The third kappa shape index (κ3) is 2.24. The maximum absolute atomic E-state index is 5.71. The van der Waals surface area contributed by atoms with Crippen LogP contribution in [0, 0.1) is 0 Å². The number of fused-ring (bicyclic) bond motifs is 1. The molecule has 3 nitrogen and oxygen atoms in total. The van der Waals surface area contributed by atoms with Crippen LogP contribution in [-0.4, -0.2) is 9.97 Å². The van der Waals surface area contributed by atoms with E-state index in [2.05, 4.69) is 25.9 Å². The molecule has 3 rings (SSSR count). The molecule has 0 aliphatic rings. The molecule has 4 heteroatoms. The summed E-state index contributed by atoms with van der Waals surface area (Å²) in [4.78, 5) is 7.70. The van der Waals surface area contributed by atoms with E-state index < -0.39 is 0 Å². The molecule has 0 fully saturated rings. The fraction of sp³-hybridized carbons (Fsp3) is 0.0714. The van der Waals surface area contributed by atoms with E-state index >= 15 is 0 Å². The van der Waals surface area contributed by atoms with Gasteiger partial charge in [-0.25, -0.2) is 4.98 Å². The van der Waals surface area contributed by atoms with Gasteiger partial charge in [-0.1, -0.05) is 24.3 Å². The lowest BCUT2D eigenvalue weighted by Gasteiger charge is -2.05. The van der Waals surface area contributed by atoms with Crippen molar-refractivity contribution >= 4 is 27.0 Å². The van der Waals surface area contributed by atoms with E-state index in [0.717, 1.165) is 27.1 Å². The summed E-state index contributed by atoms with van der Waals surface area (Å²) in [5, 5.41) is 0. The first-order chi connectivity index (χ1) is 8.83. The van der Waals surface area contributed by atoms with Crippen molar-refractivity contribution in [2.45, 2.75) is 6.61 Å². The van der Waals surface area contributed by atoms with Crippen LogP contribution < -0.4 is 4.74 Å². The summed E-state index contributed by atoms with van der Waals surface area (Å²) in [6.07, 6.45) is 0. The molecule has 0 bridgehead atoms. The van der Waals surface area contributed by atoms with E-state index in [1.807, 2.05) is 48.5 Å². The first-order valence-corrected chi connectivity index (χ1v) is 6.43. The van der Waals surface area contributed by atoms with Crippen LogP contribution in [0.3, 0.4) is 0 Å². The SMILES string of the molecule is Brc1ccccc1OCc1nc2ccccc2[nH]1. The van der Waals surface area contributed by atoms with Gasteiger partial charge in [0.05, 0.1) is 15.5 Å². The summed E-state index contributed by atoms with van der Waals surface area (Å²) < 4.78 is 6.66. The molecule has 2 aromatic carbocycles. The van der Waals surface area contributed by atoms with Crippen LogP contribution in [0.1, 0.15) is 5.82 Å². The summed E-state index contributed by atoms with van der Waals surface area (Å²) in [5.74, 6) is 1.64. The fourth-order valence-corrected chi connectivity index (χ4v) is 2.18. The molecular weight excluding hydrogens is 292 g/mol. The summed E-state index contributed by atoms with van der Waals surface area (Å²) >= 11 is 3.45. The van der Waals surface area contributed by atoms with Crippen molar-refractivity contribution in [3.05, 3.63) is 58.8 Å². The van der Waals surface area contributed by atoms with Crippen molar-refractivity contribution in [3.63, 3.8) is 0 Å². The lowest BCUT2D eigenvalue weighted by molar-refractivity contribution is 0.295. The average Bonchev–Trinajstić information content (AvgIpc) is 2.80. The van der Waals surface area contributed by atoms with Gasteiger partial charge in [0.25, 0.3) is 0 Å². The highest BCUT2D eigenvalue weighted by Crippen LogP contribution is 2.24. The van der Waals surface area contributed by atoms with E-state index in [1.54, 1.807) is 0 Å². The van der Waals surface area contributed by atoms with Crippen LogP contribution in [0.2, 0.25) is 0 Å². The van der Waals surface area contributed by atoms with Crippen molar-refractivity contribution in [1.82, 2.24) is 9.97 Å². The van der Waals surface area contributed by atoms with Crippen LogP contribution in [0.5, 0.6) is 5.75 Å². The number of ether oxygens (including phenoxy) is 1. The van der Waals surface area contributed by atoms with Gasteiger partial charge in [-0.05, 0) is 40.2 Å². The van der Waals surface area contributed by atoms with Crippen LogP contribution in [0.25, 0.3) is 11.0 Å². The Labute approximate surface area is 113 Å². The molecule has 0 radical (unpaired) electrons. The number of para-hydroxylation sites is 3. The number of H-pyrrole nitrogens is 1. The second-order valence-electron chi connectivity index (χ2n) is 3.92. The molecule has 1 aromatic heterocycles. The zero-order chi connectivity index (χ0) is 12.4. The minimum atomic E-state index is 0.428. The van der Waals surface area contributed by atoms with Gasteiger partial charge in [-0.3, -0.25) is 0 Å². The first-order valence-electron chi connectivity index (χ1n) is 5.64. The molecule has 0 spiro atoms. The van der Waals surface area contributed by atoms with Crippen LogP contribution in [0.4, 0.5) is 0 Å². The number of halogens is 1. The largest absolute Gasteiger partial charge is 0.485 e. The number of nitrogens with one attached hydrogen (secondary N) is 1. The van der Waals surface area contributed by atoms with Crippen LogP contribution in [0.15, 0.2) is 53.0 Å². The Morgan fingerprint density at radius 1 is 1.06 bits per heavy atom. The van der Waals surface area contributed by atoms with Crippen molar-refractivity contribution in [2.24, 2.45) is 0 Å². The molecule has 3 aromatic rings. The summed E-state index contributed by atoms with van der Waals surface area (Å²) in [6.45, 7) is 0.428. The number of imidazole rings is 1. The molecule has 0 unspecified atom stereocenters. The van der Waals surface area contributed by atoms with Gasteiger partial charge in [0.15, 0.2) is 0 Å². The van der Waals surface area contributed by atoms with Gasteiger partial charge in [-0.2, -0.15) is 0 Å². The quantitative estimate of drug-likeness (QED) is 0.796. The van der Waals surface area contributed by atoms with Crippen molar-refractivity contribution in [3.8, 4) is 5.75 Å². The number of benzene rings is 2. The predicted molar refractivity (Wildman–Crippen MR) is 74.6 cm³/mol. The molecule has 0 aliphatic carbocycles. The molecule has 90 valence electrons. The standard InChI is InChI=1S/C14H11BrN2O/c15-10-5-1-4-8-13(10)18-9-14-16-11-6-2-3-7-12(11)17-14/h1-8H,9H2,(H,16,17). The highest BCUT2D eigenvalue weighted by atomic mass is 79.9. The molecule has 0 aliphatic heterocycles. The van der Waals surface area contributed by atoms with Crippen LogP contribution >= 0.6 is 15.9 Å². The molecule has 0 saturated carbocycles. The highest BCUT2D eigenvalue weighted by Gasteiger charge is 2.04. The number of rotatable bonds is 3.